The minimum absolute atomic E-state index is 0.0541. The topological polar surface area (TPSA) is 99.1 Å². The molecule has 0 saturated carbocycles. The van der Waals surface area contributed by atoms with E-state index in [0.717, 1.165) is 6.42 Å². The lowest BCUT2D eigenvalue weighted by atomic mass is 10.0. The molecule has 0 aromatic carbocycles. The molecule has 0 aliphatic carbocycles. The van der Waals surface area contributed by atoms with Gasteiger partial charge in [0.2, 0.25) is 0 Å². The number of aliphatic hydroxyl groups excluding tert-OH is 2. The van der Waals surface area contributed by atoms with Crippen molar-refractivity contribution in [1.82, 2.24) is 0 Å². The summed E-state index contributed by atoms with van der Waals surface area (Å²) >= 11 is 0. The van der Waals surface area contributed by atoms with Gasteiger partial charge in [0, 0.05) is 12.4 Å². The summed E-state index contributed by atoms with van der Waals surface area (Å²) in [7, 11) is 0. The number of rotatable bonds is 7. The maximum absolute atomic E-state index is 10.3. The fraction of sp³-hybridized carbons (Fsp3) is 0.923. The molecule has 0 radical (unpaired) electrons. The highest BCUT2D eigenvalue weighted by Gasteiger charge is 2.35. The van der Waals surface area contributed by atoms with Crippen molar-refractivity contribution in [1.29, 1.82) is 0 Å². The Morgan fingerprint density at radius 2 is 2.11 bits per heavy atom. The van der Waals surface area contributed by atoms with Crippen LogP contribution in [0.25, 0.3) is 0 Å². The molecule has 1 fully saturated rings. The zero-order valence-electron chi connectivity index (χ0n) is 11.4. The predicted molar refractivity (Wildman–Crippen MR) is 65.0 cm³/mol. The first-order valence-electron chi connectivity index (χ1n) is 6.77. The van der Waals surface area contributed by atoms with Crippen LogP contribution in [0.4, 0.5) is 0 Å². The Morgan fingerprint density at radius 3 is 2.74 bits per heavy atom. The third-order valence-electron chi connectivity index (χ3n) is 3.30. The van der Waals surface area contributed by atoms with Gasteiger partial charge in [-0.05, 0) is 33.1 Å². The first-order chi connectivity index (χ1) is 8.90. The van der Waals surface area contributed by atoms with Crippen LogP contribution < -0.4 is 5.11 Å². The molecule has 0 aromatic rings. The molecule has 1 rings (SSSR count). The Kier molecular flexibility index (Phi) is 6.71. The summed E-state index contributed by atoms with van der Waals surface area (Å²) in [4.78, 5) is 10.3. The van der Waals surface area contributed by atoms with Crippen LogP contribution in [0.15, 0.2) is 0 Å². The molecule has 1 aliphatic rings. The van der Waals surface area contributed by atoms with E-state index in [0.29, 0.717) is 12.8 Å². The zero-order chi connectivity index (χ0) is 14.4. The van der Waals surface area contributed by atoms with E-state index in [2.05, 4.69) is 0 Å². The summed E-state index contributed by atoms with van der Waals surface area (Å²) in [5.74, 6) is -1.04. The average molecular weight is 275 g/mol. The van der Waals surface area contributed by atoms with Crippen LogP contribution in [0.1, 0.15) is 46.0 Å². The van der Waals surface area contributed by atoms with Crippen molar-refractivity contribution >= 4 is 5.97 Å². The minimum Gasteiger partial charge on any atom is -0.550 e. The highest BCUT2D eigenvalue weighted by atomic mass is 16.7. The van der Waals surface area contributed by atoms with Gasteiger partial charge < -0.3 is 29.6 Å². The molecule has 0 aromatic heterocycles. The number of carboxylic acid groups (broad SMARTS) is 1. The van der Waals surface area contributed by atoms with Crippen LogP contribution in [-0.2, 0) is 14.3 Å². The van der Waals surface area contributed by atoms with Crippen molar-refractivity contribution in [3.05, 3.63) is 0 Å². The summed E-state index contributed by atoms with van der Waals surface area (Å²) in [5, 5.41) is 29.5. The lowest BCUT2D eigenvalue weighted by molar-refractivity contribution is -0.305. The van der Waals surface area contributed by atoms with E-state index in [-0.39, 0.29) is 25.0 Å². The molecule has 1 aliphatic heterocycles. The van der Waals surface area contributed by atoms with Crippen LogP contribution in [-0.4, -0.2) is 46.9 Å². The second-order valence-electron chi connectivity index (χ2n) is 5.14. The first kappa shape index (κ1) is 16.4. The fourth-order valence-corrected chi connectivity index (χ4v) is 2.06. The highest BCUT2D eigenvalue weighted by Crippen LogP contribution is 2.22. The number of ether oxygens (including phenoxy) is 2. The summed E-state index contributed by atoms with van der Waals surface area (Å²) in [5.41, 5.74) is 0. The normalized spacial score (nSPS) is 33.1. The molecule has 1 saturated heterocycles. The van der Waals surface area contributed by atoms with Gasteiger partial charge >= 0.3 is 0 Å². The lowest BCUT2D eigenvalue weighted by Crippen LogP contribution is -2.48. The van der Waals surface area contributed by atoms with Crippen molar-refractivity contribution < 1.29 is 29.6 Å². The molecule has 0 unspecified atom stereocenters. The SMILES string of the molecule is C[C@H](CCCCC(=O)[O-])O[C@@H]1O[C@@H](C)[C@H](O)C[C@H]1O. The van der Waals surface area contributed by atoms with E-state index in [1.54, 1.807) is 6.92 Å². The molecule has 5 atom stereocenters. The Labute approximate surface area is 113 Å². The average Bonchev–Trinajstić information content (AvgIpc) is 2.31. The lowest BCUT2D eigenvalue weighted by Gasteiger charge is -2.36. The molecular weight excluding hydrogens is 252 g/mol. The van der Waals surface area contributed by atoms with E-state index < -0.39 is 24.5 Å². The van der Waals surface area contributed by atoms with Gasteiger partial charge in [-0.3, -0.25) is 0 Å². The predicted octanol–water partition coefficient (Wildman–Crippen LogP) is -0.441. The van der Waals surface area contributed by atoms with Gasteiger partial charge in [0.05, 0.1) is 18.3 Å². The van der Waals surface area contributed by atoms with Gasteiger partial charge in [0.1, 0.15) is 6.10 Å². The Hall–Kier alpha value is -0.690. The van der Waals surface area contributed by atoms with E-state index in [1.807, 2.05) is 6.92 Å². The van der Waals surface area contributed by atoms with Crippen LogP contribution in [0, 0.1) is 0 Å². The van der Waals surface area contributed by atoms with E-state index in [1.165, 1.54) is 0 Å². The number of carbonyl (C=O) groups excluding carboxylic acids is 1. The number of carbonyl (C=O) groups is 1. The Balaban J connectivity index is 2.23. The van der Waals surface area contributed by atoms with Crippen molar-refractivity contribution in [2.45, 2.75) is 76.7 Å². The third-order valence-corrected chi connectivity index (χ3v) is 3.30. The molecule has 112 valence electrons. The number of hydrogen-bond donors (Lipinski definition) is 2. The van der Waals surface area contributed by atoms with E-state index >= 15 is 0 Å². The van der Waals surface area contributed by atoms with Crippen LogP contribution in [0.5, 0.6) is 0 Å². The van der Waals surface area contributed by atoms with Gasteiger partial charge in [0.15, 0.2) is 6.29 Å². The standard InChI is InChI=1S/C13H24O6/c1-8(5-3-4-6-12(16)17)18-13-11(15)7-10(14)9(2)19-13/h8-11,13-15H,3-7H2,1-2H3,(H,16,17)/p-1/t8-,9+,10-,11-,13-/m1/s1. The monoisotopic (exact) mass is 275 g/mol. The van der Waals surface area contributed by atoms with Gasteiger partial charge in [-0.15, -0.1) is 0 Å². The van der Waals surface area contributed by atoms with Crippen LogP contribution in [0.2, 0.25) is 0 Å². The molecule has 0 spiro atoms. The van der Waals surface area contributed by atoms with Gasteiger partial charge in [-0.2, -0.15) is 0 Å². The molecule has 1 heterocycles. The second kappa shape index (κ2) is 7.79. The van der Waals surface area contributed by atoms with E-state index in [9.17, 15) is 20.1 Å². The Morgan fingerprint density at radius 1 is 1.42 bits per heavy atom. The number of aliphatic hydroxyl groups is 2. The highest BCUT2D eigenvalue weighted by molar-refractivity contribution is 5.63. The summed E-state index contributed by atoms with van der Waals surface area (Å²) in [6, 6.07) is 0. The van der Waals surface area contributed by atoms with Crippen molar-refractivity contribution in [3.63, 3.8) is 0 Å². The zero-order valence-corrected chi connectivity index (χ0v) is 11.4. The van der Waals surface area contributed by atoms with Crippen molar-refractivity contribution in [3.8, 4) is 0 Å². The molecule has 19 heavy (non-hydrogen) atoms. The number of hydrogen-bond acceptors (Lipinski definition) is 6. The minimum atomic E-state index is -1.04. The number of unbranched alkanes of at least 4 members (excludes halogenated alkanes) is 1. The molecule has 6 nitrogen and oxygen atoms in total. The Bertz CT molecular complexity index is 282. The van der Waals surface area contributed by atoms with Gasteiger partial charge in [-0.25, -0.2) is 0 Å². The van der Waals surface area contributed by atoms with Crippen LogP contribution in [0.3, 0.4) is 0 Å². The fourth-order valence-electron chi connectivity index (χ4n) is 2.06. The largest absolute Gasteiger partial charge is 0.550 e. The first-order valence-corrected chi connectivity index (χ1v) is 6.77. The smallest absolute Gasteiger partial charge is 0.184 e. The van der Waals surface area contributed by atoms with E-state index in [4.69, 9.17) is 9.47 Å². The molecule has 2 N–H and O–H groups in total. The number of carboxylic acids is 1. The molecule has 0 amide bonds. The van der Waals surface area contributed by atoms with Crippen LogP contribution >= 0.6 is 0 Å². The molecule has 0 bridgehead atoms. The molecular formula is C13H23O6-. The van der Waals surface area contributed by atoms with Crippen molar-refractivity contribution in [2.24, 2.45) is 0 Å². The molecule has 6 heteroatoms. The maximum Gasteiger partial charge on any atom is 0.184 e. The summed E-state index contributed by atoms with van der Waals surface area (Å²) < 4.78 is 11.0. The van der Waals surface area contributed by atoms with Gasteiger partial charge in [0.25, 0.3) is 0 Å². The maximum atomic E-state index is 10.3. The summed E-state index contributed by atoms with van der Waals surface area (Å²) in [6.45, 7) is 3.59. The number of aliphatic carboxylic acids is 1. The third kappa shape index (κ3) is 5.86. The summed E-state index contributed by atoms with van der Waals surface area (Å²) in [6.07, 6.45) is -0.476. The quantitative estimate of drug-likeness (QED) is 0.611. The van der Waals surface area contributed by atoms with Gasteiger partial charge in [-0.1, -0.05) is 6.42 Å². The second-order valence-corrected chi connectivity index (χ2v) is 5.14. The van der Waals surface area contributed by atoms with Crippen molar-refractivity contribution in [2.75, 3.05) is 0 Å².